The average molecular weight is 292 g/mol. The number of halogens is 1. The van der Waals surface area contributed by atoms with Gasteiger partial charge in [-0.1, -0.05) is 23.3 Å². The minimum absolute atomic E-state index is 0.0227. The van der Waals surface area contributed by atoms with Crippen molar-refractivity contribution in [1.82, 2.24) is 5.32 Å². The summed E-state index contributed by atoms with van der Waals surface area (Å²) < 4.78 is 0. The van der Waals surface area contributed by atoms with Gasteiger partial charge in [0.1, 0.15) is 6.04 Å². The van der Waals surface area contributed by atoms with Crippen LogP contribution in [0.15, 0.2) is 23.8 Å². The van der Waals surface area contributed by atoms with Gasteiger partial charge in [-0.05, 0) is 32.5 Å². The Labute approximate surface area is 123 Å². The van der Waals surface area contributed by atoms with Gasteiger partial charge >= 0.3 is 0 Å². The third kappa shape index (κ3) is 2.19. The minimum atomic E-state index is -0.306. The number of carbonyl (C=O) groups is 1. The van der Waals surface area contributed by atoms with Crippen molar-refractivity contribution in [3.05, 3.63) is 34.4 Å². The number of carbonyl (C=O) groups excluding carboxylic acids is 1. The number of hydrogen-bond donors (Lipinski definition) is 2. The van der Waals surface area contributed by atoms with E-state index in [2.05, 4.69) is 28.5 Å². The van der Waals surface area contributed by atoms with Crippen molar-refractivity contribution in [3.8, 4) is 0 Å². The molecule has 0 radical (unpaired) electrons. The molecule has 0 saturated carbocycles. The second-order valence-corrected chi connectivity index (χ2v) is 5.77. The first kappa shape index (κ1) is 13.5. The highest BCUT2D eigenvalue weighted by molar-refractivity contribution is 6.33. The molecule has 20 heavy (non-hydrogen) atoms. The lowest BCUT2D eigenvalue weighted by atomic mass is 10.1. The van der Waals surface area contributed by atoms with Gasteiger partial charge in [0.15, 0.2) is 0 Å². The Morgan fingerprint density at radius 1 is 1.45 bits per heavy atom. The van der Waals surface area contributed by atoms with E-state index in [4.69, 9.17) is 11.6 Å². The van der Waals surface area contributed by atoms with Crippen molar-refractivity contribution in [2.45, 2.75) is 19.4 Å². The second kappa shape index (κ2) is 5.11. The fourth-order valence-corrected chi connectivity index (χ4v) is 3.21. The Hall–Kier alpha value is -1.52. The van der Waals surface area contributed by atoms with Gasteiger partial charge < -0.3 is 15.5 Å². The normalized spacial score (nSPS) is 21.6. The molecule has 1 aromatic carbocycles. The maximum Gasteiger partial charge on any atom is 0.246 e. The van der Waals surface area contributed by atoms with E-state index in [0.29, 0.717) is 5.02 Å². The first-order chi connectivity index (χ1) is 9.60. The van der Waals surface area contributed by atoms with Gasteiger partial charge in [-0.25, -0.2) is 0 Å². The molecule has 2 N–H and O–H groups in total. The van der Waals surface area contributed by atoms with Crippen LogP contribution in [0.4, 0.5) is 11.4 Å². The van der Waals surface area contributed by atoms with Gasteiger partial charge in [-0.2, -0.15) is 0 Å². The minimum Gasteiger partial charge on any atom is -0.366 e. The van der Waals surface area contributed by atoms with Crippen LogP contribution >= 0.6 is 11.6 Å². The summed E-state index contributed by atoms with van der Waals surface area (Å²) in [5, 5.41) is 6.63. The van der Waals surface area contributed by atoms with Gasteiger partial charge in [0.2, 0.25) is 5.91 Å². The monoisotopic (exact) mass is 291 g/mol. The zero-order valence-corrected chi connectivity index (χ0v) is 12.4. The van der Waals surface area contributed by atoms with Crippen LogP contribution < -0.4 is 15.5 Å². The molecule has 2 heterocycles. The molecule has 0 aromatic heterocycles. The largest absolute Gasteiger partial charge is 0.366 e. The van der Waals surface area contributed by atoms with Crippen molar-refractivity contribution in [2.75, 3.05) is 30.4 Å². The summed E-state index contributed by atoms with van der Waals surface area (Å²) in [5.41, 5.74) is 4.14. The van der Waals surface area contributed by atoms with Crippen molar-refractivity contribution in [1.29, 1.82) is 0 Å². The molecule has 5 heteroatoms. The fourth-order valence-electron chi connectivity index (χ4n) is 2.92. The highest BCUT2D eigenvalue weighted by atomic mass is 35.5. The Morgan fingerprint density at radius 2 is 2.25 bits per heavy atom. The number of nitrogens with zero attached hydrogens (tertiary/aromatic N) is 1. The number of rotatable bonds is 2. The summed E-state index contributed by atoms with van der Waals surface area (Å²) in [5.74, 6) is -0.0227. The fraction of sp³-hybridized carbons (Fsp3) is 0.400. The van der Waals surface area contributed by atoms with Gasteiger partial charge in [0.25, 0.3) is 0 Å². The van der Waals surface area contributed by atoms with Gasteiger partial charge in [-0.15, -0.1) is 0 Å². The predicted octanol–water partition coefficient (Wildman–Crippen LogP) is 2.71. The van der Waals surface area contributed by atoms with Crippen LogP contribution in [0.25, 0.3) is 0 Å². The van der Waals surface area contributed by atoms with Gasteiger partial charge in [0.05, 0.1) is 10.7 Å². The third-order valence-electron chi connectivity index (χ3n) is 3.91. The topological polar surface area (TPSA) is 44.4 Å². The van der Waals surface area contributed by atoms with Crippen LogP contribution in [0.2, 0.25) is 5.02 Å². The van der Waals surface area contributed by atoms with Crippen LogP contribution in [0.3, 0.4) is 0 Å². The molecular formula is C15H18ClN3O. The SMILES string of the molecule is CNC1C(=O)Nc2cc(N3CCC=C(C)C3)c(Cl)cc21. The summed E-state index contributed by atoms with van der Waals surface area (Å²) in [4.78, 5) is 14.1. The number of amides is 1. The zero-order valence-electron chi connectivity index (χ0n) is 11.7. The number of hydrogen-bond acceptors (Lipinski definition) is 3. The molecule has 1 aromatic rings. The molecular weight excluding hydrogens is 274 g/mol. The van der Waals surface area contributed by atoms with E-state index < -0.39 is 0 Å². The number of likely N-dealkylation sites (N-methyl/N-ethyl adjacent to an activating group) is 1. The Kier molecular flexibility index (Phi) is 3.44. The standard InChI is InChI=1S/C15H18ClN3O/c1-9-4-3-5-19(8-9)13-7-12-10(6-11(13)16)14(17-2)15(20)18-12/h4,6-7,14,17H,3,5,8H2,1-2H3,(H,18,20). The molecule has 0 bridgehead atoms. The lowest BCUT2D eigenvalue weighted by molar-refractivity contribution is -0.117. The number of benzene rings is 1. The van der Waals surface area contributed by atoms with Crippen LogP contribution in [-0.4, -0.2) is 26.0 Å². The quantitative estimate of drug-likeness (QED) is 0.824. The molecule has 3 rings (SSSR count). The van der Waals surface area contributed by atoms with E-state index in [-0.39, 0.29) is 11.9 Å². The first-order valence-corrected chi connectivity index (χ1v) is 7.20. The third-order valence-corrected chi connectivity index (χ3v) is 4.21. The predicted molar refractivity (Wildman–Crippen MR) is 82.5 cm³/mol. The van der Waals surface area contributed by atoms with Crippen molar-refractivity contribution in [2.24, 2.45) is 0 Å². The summed E-state index contributed by atoms with van der Waals surface area (Å²) in [6.07, 6.45) is 3.29. The van der Waals surface area contributed by atoms with Crippen LogP contribution in [0, 0.1) is 0 Å². The van der Waals surface area contributed by atoms with E-state index in [1.807, 2.05) is 12.1 Å². The van der Waals surface area contributed by atoms with Crippen molar-refractivity contribution < 1.29 is 4.79 Å². The lowest BCUT2D eigenvalue weighted by Crippen LogP contribution is -2.29. The molecule has 0 saturated heterocycles. The smallest absolute Gasteiger partial charge is 0.246 e. The zero-order chi connectivity index (χ0) is 14.3. The van der Waals surface area contributed by atoms with Crippen LogP contribution in [-0.2, 0) is 4.79 Å². The molecule has 0 spiro atoms. The lowest BCUT2D eigenvalue weighted by Gasteiger charge is -2.29. The molecule has 0 aliphatic carbocycles. The molecule has 106 valence electrons. The van der Waals surface area contributed by atoms with E-state index in [9.17, 15) is 4.79 Å². The number of fused-ring (bicyclic) bond motifs is 1. The second-order valence-electron chi connectivity index (χ2n) is 5.36. The Balaban J connectivity index is 1.98. The summed E-state index contributed by atoms with van der Waals surface area (Å²) in [6, 6.07) is 3.59. The highest BCUT2D eigenvalue weighted by Gasteiger charge is 2.31. The van der Waals surface area contributed by atoms with Crippen LogP contribution in [0.5, 0.6) is 0 Å². The molecule has 1 atom stereocenters. The van der Waals surface area contributed by atoms with Crippen LogP contribution in [0.1, 0.15) is 24.9 Å². The first-order valence-electron chi connectivity index (χ1n) is 6.82. The van der Waals surface area contributed by atoms with Gasteiger partial charge in [-0.3, -0.25) is 4.79 Å². The molecule has 1 unspecified atom stereocenters. The summed E-state index contributed by atoms with van der Waals surface area (Å²) in [6.45, 7) is 3.98. The Bertz CT molecular complexity index is 597. The van der Waals surface area contributed by atoms with Gasteiger partial charge in [0, 0.05) is 24.3 Å². The van der Waals surface area contributed by atoms with E-state index >= 15 is 0 Å². The Morgan fingerprint density at radius 3 is 2.95 bits per heavy atom. The summed E-state index contributed by atoms with van der Waals surface area (Å²) in [7, 11) is 1.78. The van der Waals surface area contributed by atoms with E-state index in [0.717, 1.165) is 36.4 Å². The number of nitrogens with one attached hydrogen (secondary N) is 2. The number of anilines is 2. The molecule has 2 aliphatic heterocycles. The maximum absolute atomic E-state index is 11.9. The molecule has 2 aliphatic rings. The molecule has 4 nitrogen and oxygen atoms in total. The maximum atomic E-state index is 11.9. The highest BCUT2D eigenvalue weighted by Crippen LogP contribution is 2.39. The summed E-state index contributed by atoms with van der Waals surface area (Å²) >= 11 is 6.43. The molecule has 1 amide bonds. The van der Waals surface area contributed by atoms with E-state index in [1.54, 1.807) is 7.05 Å². The van der Waals surface area contributed by atoms with E-state index in [1.165, 1.54) is 5.57 Å². The van der Waals surface area contributed by atoms with Crippen molar-refractivity contribution >= 4 is 28.9 Å². The van der Waals surface area contributed by atoms with Crippen molar-refractivity contribution in [3.63, 3.8) is 0 Å². The average Bonchev–Trinajstić information content (AvgIpc) is 2.72. The molecule has 0 fully saturated rings.